The predicted octanol–water partition coefficient (Wildman–Crippen LogP) is 2.83. The lowest BCUT2D eigenvalue weighted by molar-refractivity contribution is 0.0926. The van der Waals surface area contributed by atoms with Gasteiger partial charge in [-0.3, -0.25) is 4.90 Å². The molecule has 7 nitrogen and oxygen atoms in total. The molecule has 2 aromatic carbocycles. The van der Waals surface area contributed by atoms with Crippen LogP contribution in [0.15, 0.2) is 47.4 Å². The SMILES string of the molecule is COc1ccc(S(=O)(=O)N2CCN(CC(O)c3c(C)[nH]c4cc(C)ccc34)CC2)cc1. The third kappa shape index (κ3) is 4.34. The molecule has 166 valence electrons. The summed E-state index contributed by atoms with van der Waals surface area (Å²) in [5.41, 5.74) is 4.09. The number of aromatic nitrogens is 1. The molecule has 0 amide bonds. The van der Waals surface area contributed by atoms with Crippen molar-refractivity contribution in [2.75, 3.05) is 39.8 Å². The summed E-state index contributed by atoms with van der Waals surface area (Å²) < 4.78 is 32.5. The normalized spacial score (nSPS) is 17.2. The number of hydrogen-bond acceptors (Lipinski definition) is 5. The molecule has 1 aliphatic rings. The number of methoxy groups -OCH3 is 1. The Morgan fingerprint density at radius 1 is 1.06 bits per heavy atom. The standard InChI is InChI=1S/C23H29N3O4S/c1-16-4-9-20-21(14-16)24-17(2)23(20)22(27)15-25-10-12-26(13-11-25)31(28,29)19-7-5-18(30-3)6-8-19/h4-9,14,22,24,27H,10-13,15H2,1-3H3. The van der Waals surface area contributed by atoms with E-state index < -0.39 is 16.1 Å². The fourth-order valence-corrected chi connectivity index (χ4v) is 5.70. The molecule has 1 unspecified atom stereocenters. The molecule has 0 aliphatic carbocycles. The summed E-state index contributed by atoms with van der Waals surface area (Å²) in [7, 11) is -1.99. The van der Waals surface area contributed by atoms with Gasteiger partial charge in [-0.2, -0.15) is 4.31 Å². The molecule has 0 spiro atoms. The van der Waals surface area contributed by atoms with Crippen molar-refractivity contribution in [1.29, 1.82) is 0 Å². The van der Waals surface area contributed by atoms with Gasteiger partial charge in [0.05, 0.1) is 18.1 Å². The summed E-state index contributed by atoms with van der Waals surface area (Å²) in [6, 6.07) is 12.6. The fourth-order valence-electron chi connectivity index (χ4n) is 4.28. The number of aromatic amines is 1. The zero-order valence-corrected chi connectivity index (χ0v) is 18.9. The average Bonchev–Trinajstić information content (AvgIpc) is 3.09. The highest BCUT2D eigenvalue weighted by atomic mass is 32.2. The van der Waals surface area contributed by atoms with Gasteiger partial charge in [0.25, 0.3) is 0 Å². The van der Waals surface area contributed by atoms with E-state index >= 15 is 0 Å². The molecule has 2 N–H and O–H groups in total. The number of benzene rings is 2. The maximum atomic E-state index is 12.9. The van der Waals surface area contributed by atoms with E-state index in [1.807, 2.05) is 19.9 Å². The molecule has 1 atom stereocenters. The van der Waals surface area contributed by atoms with E-state index in [0.29, 0.717) is 38.5 Å². The maximum absolute atomic E-state index is 12.9. The van der Waals surface area contributed by atoms with Crippen molar-refractivity contribution >= 4 is 20.9 Å². The van der Waals surface area contributed by atoms with Gasteiger partial charge in [-0.15, -0.1) is 0 Å². The van der Waals surface area contributed by atoms with Crippen LogP contribution >= 0.6 is 0 Å². The molecule has 1 aliphatic heterocycles. The number of hydrogen-bond donors (Lipinski definition) is 2. The monoisotopic (exact) mass is 443 g/mol. The lowest BCUT2D eigenvalue weighted by Crippen LogP contribution is -2.49. The second-order valence-corrected chi connectivity index (χ2v) is 10.0. The topological polar surface area (TPSA) is 85.9 Å². The fraction of sp³-hybridized carbons (Fsp3) is 0.391. The highest BCUT2D eigenvalue weighted by Crippen LogP contribution is 2.29. The molecule has 0 bridgehead atoms. The third-order valence-corrected chi connectivity index (χ3v) is 7.90. The second kappa shape index (κ2) is 8.63. The number of nitrogens with one attached hydrogen (secondary N) is 1. The third-order valence-electron chi connectivity index (χ3n) is 5.98. The van der Waals surface area contributed by atoms with Crippen LogP contribution in [0.5, 0.6) is 5.75 Å². The first-order chi connectivity index (χ1) is 14.8. The Balaban J connectivity index is 1.41. The van der Waals surface area contributed by atoms with Gasteiger partial charge in [0, 0.05) is 54.9 Å². The van der Waals surface area contributed by atoms with Crippen molar-refractivity contribution in [3.05, 3.63) is 59.3 Å². The van der Waals surface area contributed by atoms with Crippen LogP contribution in [-0.2, 0) is 10.0 Å². The molecule has 1 fully saturated rings. The van der Waals surface area contributed by atoms with E-state index in [9.17, 15) is 13.5 Å². The van der Waals surface area contributed by atoms with Crippen LogP contribution < -0.4 is 4.74 Å². The average molecular weight is 444 g/mol. The molecule has 31 heavy (non-hydrogen) atoms. The maximum Gasteiger partial charge on any atom is 0.243 e. The van der Waals surface area contributed by atoms with E-state index in [-0.39, 0.29) is 4.90 Å². The minimum absolute atomic E-state index is 0.270. The summed E-state index contributed by atoms with van der Waals surface area (Å²) in [4.78, 5) is 5.76. The van der Waals surface area contributed by atoms with E-state index in [4.69, 9.17) is 4.74 Å². The van der Waals surface area contributed by atoms with E-state index in [2.05, 4.69) is 22.0 Å². The Kier molecular flexibility index (Phi) is 6.07. The van der Waals surface area contributed by atoms with Gasteiger partial charge >= 0.3 is 0 Å². The second-order valence-electron chi connectivity index (χ2n) is 8.11. The predicted molar refractivity (Wildman–Crippen MR) is 121 cm³/mol. The van der Waals surface area contributed by atoms with E-state index in [0.717, 1.165) is 22.2 Å². The summed E-state index contributed by atoms with van der Waals surface area (Å²) in [5, 5.41) is 12.0. The highest BCUT2D eigenvalue weighted by molar-refractivity contribution is 7.89. The Morgan fingerprint density at radius 3 is 2.39 bits per heavy atom. The lowest BCUT2D eigenvalue weighted by Gasteiger charge is -2.35. The summed E-state index contributed by atoms with van der Waals surface area (Å²) in [6.45, 7) is 6.44. The van der Waals surface area contributed by atoms with Crippen molar-refractivity contribution in [2.24, 2.45) is 0 Å². The number of aryl methyl sites for hydroxylation is 2. The lowest BCUT2D eigenvalue weighted by atomic mass is 10.0. The van der Waals surface area contributed by atoms with Crippen molar-refractivity contribution in [3.63, 3.8) is 0 Å². The number of piperazine rings is 1. The minimum atomic E-state index is -3.54. The van der Waals surface area contributed by atoms with Gasteiger partial charge in [-0.05, 0) is 49.7 Å². The molecule has 0 radical (unpaired) electrons. The summed E-state index contributed by atoms with van der Waals surface area (Å²) in [6.07, 6.45) is -0.638. The molecular weight excluding hydrogens is 414 g/mol. The number of ether oxygens (including phenoxy) is 1. The first-order valence-corrected chi connectivity index (χ1v) is 11.9. The van der Waals surface area contributed by atoms with Crippen LogP contribution in [0.4, 0.5) is 0 Å². The van der Waals surface area contributed by atoms with Crippen molar-refractivity contribution in [2.45, 2.75) is 24.8 Å². The molecule has 0 saturated carbocycles. The molecule has 8 heteroatoms. The van der Waals surface area contributed by atoms with Crippen molar-refractivity contribution < 1.29 is 18.3 Å². The van der Waals surface area contributed by atoms with Crippen LogP contribution in [0.2, 0.25) is 0 Å². The van der Waals surface area contributed by atoms with E-state index in [1.165, 1.54) is 9.87 Å². The number of fused-ring (bicyclic) bond motifs is 1. The van der Waals surface area contributed by atoms with Gasteiger partial charge in [0.15, 0.2) is 0 Å². The number of rotatable bonds is 6. The zero-order chi connectivity index (χ0) is 22.2. The van der Waals surface area contributed by atoms with Gasteiger partial charge in [-0.1, -0.05) is 12.1 Å². The first-order valence-electron chi connectivity index (χ1n) is 10.4. The number of aliphatic hydroxyl groups excluding tert-OH is 1. The molecule has 1 aromatic heterocycles. The largest absolute Gasteiger partial charge is 0.497 e. The molecular formula is C23H29N3O4S. The van der Waals surface area contributed by atoms with Crippen LogP contribution in [0.3, 0.4) is 0 Å². The van der Waals surface area contributed by atoms with Gasteiger partial charge in [0.1, 0.15) is 5.75 Å². The molecule has 4 rings (SSSR count). The Hall–Kier alpha value is -2.39. The smallest absolute Gasteiger partial charge is 0.243 e. The van der Waals surface area contributed by atoms with Crippen LogP contribution in [0.1, 0.15) is 22.9 Å². The molecule has 2 heterocycles. The Labute approximate surface area is 183 Å². The number of nitrogens with zero attached hydrogens (tertiary/aromatic N) is 2. The molecule has 1 saturated heterocycles. The highest BCUT2D eigenvalue weighted by Gasteiger charge is 2.30. The summed E-state index contributed by atoms with van der Waals surface area (Å²) >= 11 is 0. The first kappa shape index (κ1) is 21.8. The van der Waals surface area contributed by atoms with Gasteiger partial charge in [0.2, 0.25) is 10.0 Å². The van der Waals surface area contributed by atoms with Crippen molar-refractivity contribution in [3.8, 4) is 5.75 Å². The number of aliphatic hydroxyl groups is 1. The number of β-amino-alcohol motifs (C(OH)–C–C–N with tert-alkyl or cyclic N) is 1. The number of H-pyrrole nitrogens is 1. The quantitative estimate of drug-likeness (QED) is 0.612. The molecule has 3 aromatic rings. The Morgan fingerprint density at radius 2 is 1.74 bits per heavy atom. The van der Waals surface area contributed by atoms with E-state index in [1.54, 1.807) is 31.4 Å². The Bertz CT molecular complexity index is 1160. The van der Waals surface area contributed by atoms with Crippen molar-refractivity contribution in [1.82, 2.24) is 14.2 Å². The minimum Gasteiger partial charge on any atom is -0.497 e. The van der Waals surface area contributed by atoms with Crippen LogP contribution in [0, 0.1) is 13.8 Å². The zero-order valence-electron chi connectivity index (χ0n) is 18.1. The summed E-state index contributed by atoms with van der Waals surface area (Å²) in [5.74, 6) is 0.625. The van der Waals surface area contributed by atoms with Gasteiger partial charge in [-0.25, -0.2) is 8.42 Å². The van der Waals surface area contributed by atoms with Crippen LogP contribution in [-0.4, -0.2) is 67.5 Å². The van der Waals surface area contributed by atoms with Gasteiger partial charge < -0.3 is 14.8 Å². The number of sulfonamides is 1. The van der Waals surface area contributed by atoms with Crippen LogP contribution in [0.25, 0.3) is 10.9 Å².